The average molecular weight is 224 g/mol. The molecule has 0 spiro atoms. The Kier molecular flexibility index (Phi) is 5.76. The highest BCUT2D eigenvalue weighted by Crippen LogP contribution is 2.07. The van der Waals surface area contributed by atoms with Crippen molar-refractivity contribution in [1.82, 2.24) is 4.90 Å². The minimum Gasteiger partial charge on any atom is -0.278 e. The Morgan fingerprint density at radius 2 is 1.67 bits per heavy atom. The maximum Gasteiger partial charge on any atom is 0.249 e. The molecule has 0 heterocycles. The summed E-state index contributed by atoms with van der Waals surface area (Å²) in [5, 5.41) is 23.7. The number of amides is 2. The first-order valence-electron chi connectivity index (χ1n) is 3.80. The number of amidine groups is 1. The van der Waals surface area contributed by atoms with Crippen LogP contribution in [0.25, 0.3) is 0 Å². The van der Waals surface area contributed by atoms with Crippen LogP contribution < -0.4 is 0 Å². The second-order valence-corrected chi connectivity index (χ2v) is 3.10. The summed E-state index contributed by atoms with van der Waals surface area (Å²) in [6, 6.07) is 3.18. The summed E-state index contributed by atoms with van der Waals surface area (Å²) in [6.07, 6.45) is 0.550. The largest absolute Gasteiger partial charge is 0.278 e. The second-order valence-electron chi connectivity index (χ2n) is 2.30. The van der Waals surface area contributed by atoms with Gasteiger partial charge >= 0.3 is 0 Å². The lowest BCUT2D eigenvalue weighted by Gasteiger charge is -2.17. The molecule has 0 aliphatic carbocycles. The Balaban J connectivity index is 4.83. The van der Waals surface area contributed by atoms with Gasteiger partial charge in [0.05, 0.1) is 12.1 Å². The van der Waals surface area contributed by atoms with Crippen LogP contribution in [0.2, 0.25) is 0 Å². The van der Waals surface area contributed by atoms with Crippen molar-refractivity contribution in [2.75, 3.05) is 6.26 Å². The molecule has 0 rings (SSSR count). The molecular formula is C8H8N4O2S. The van der Waals surface area contributed by atoms with Gasteiger partial charge in [-0.15, -0.1) is 0 Å². The van der Waals surface area contributed by atoms with E-state index in [-0.39, 0.29) is 5.17 Å². The zero-order valence-corrected chi connectivity index (χ0v) is 8.80. The van der Waals surface area contributed by atoms with Crippen molar-refractivity contribution >= 4 is 28.7 Å². The molecule has 2 amide bonds. The van der Waals surface area contributed by atoms with Crippen LogP contribution in [0.5, 0.6) is 0 Å². The van der Waals surface area contributed by atoms with Crippen LogP contribution in [0.1, 0.15) is 12.8 Å². The molecule has 0 aliphatic heterocycles. The number of hydrogen-bond donors (Lipinski definition) is 1. The molecular weight excluding hydrogens is 216 g/mol. The lowest BCUT2D eigenvalue weighted by molar-refractivity contribution is -0.138. The molecule has 0 unspecified atom stereocenters. The van der Waals surface area contributed by atoms with Gasteiger partial charge in [0.1, 0.15) is 12.8 Å². The van der Waals surface area contributed by atoms with Crippen LogP contribution in [0, 0.1) is 28.1 Å². The van der Waals surface area contributed by atoms with Gasteiger partial charge in [-0.1, -0.05) is 11.8 Å². The van der Waals surface area contributed by atoms with Gasteiger partial charge in [0.2, 0.25) is 11.8 Å². The van der Waals surface area contributed by atoms with Gasteiger partial charge in [-0.25, -0.2) is 4.90 Å². The first kappa shape index (κ1) is 13.1. The summed E-state index contributed by atoms with van der Waals surface area (Å²) < 4.78 is 0. The van der Waals surface area contributed by atoms with Gasteiger partial charge in [0.25, 0.3) is 0 Å². The Bertz CT molecular complexity index is 338. The third-order valence-corrected chi connectivity index (χ3v) is 1.93. The van der Waals surface area contributed by atoms with E-state index in [1.165, 1.54) is 6.26 Å². The zero-order valence-electron chi connectivity index (χ0n) is 7.98. The topological polar surface area (TPSA) is 109 Å². The van der Waals surface area contributed by atoms with Crippen LogP contribution in [0.15, 0.2) is 0 Å². The van der Waals surface area contributed by atoms with Crippen LogP contribution in [0.4, 0.5) is 0 Å². The molecule has 0 bridgehead atoms. The summed E-state index contributed by atoms with van der Waals surface area (Å²) in [5.74, 6) is -1.56. The van der Waals surface area contributed by atoms with E-state index in [2.05, 4.69) is 0 Å². The quantitative estimate of drug-likeness (QED) is 0.541. The number of carbonyl (C=O) groups is 2. The molecule has 6 nitrogen and oxygen atoms in total. The molecule has 0 aliphatic rings. The third kappa shape index (κ3) is 3.79. The molecule has 0 aromatic rings. The maximum atomic E-state index is 11.3. The average Bonchev–Trinajstić information content (AvgIpc) is 2.18. The van der Waals surface area contributed by atoms with Crippen molar-refractivity contribution in [3.05, 3.63) is 0 Å². The first-order chi connectivity index (χ1) is 7.08. The standard InChI is InChI=1S/C8H8N4O2S/c1-15-8(11)12(6(13)2-4-9)7(14)3-5-10/h11H,2-3H2,1H3. The molecule has 7 heteroatoms. The molecule has 15 heavy (non-hydrogen) atoms. The van der Waals surface area contributed by atoms with Crippen LogP contribution in [-0.4, -0.2) is 28.1 Å². The number of imide groups is 1. The lowest BCUT2D eigenvalue weighted by Crippen LogP contribution is -2.39. The van der Waals surface area contributed by atoms with E-state index in [1.807, 2.05) is 0 Å². The van der Waals surface area contributed by atoms with Crippen molar-refractivity contribution in [3.8, 4) is 12.1 Å². The van der Waals surface area contributed by atoms with E-state index in [0.717, 1.165) is 11.8 Å². The fraction of sp³-hybridized carbons (Fsp3) is 0.375. The molecule has 0 radical (unpaired) electrons. The van der Waals surface area contributed by atoms with E-state index >= 15 is 0 Å². The summed E-state index contributed by atoms with van der Waals surface area (Å²) >= 11 is 0.890. The molecule has 0 atom stereocenters. The monoisotopic (exact) mass is 224 g/mol. The Labute approximate surface area is 91.0 Å². The van der Waals surface area contributed by atoms with Crippen molar-refractivity contribution in [2.24, 2.45) is 0 Å². The van der Waals surface area contributed by atoms with Crippen molar-refractivity contribution < 1.29 is 9.59 Å². The number of hydrogen-bond acceptors (Lipinski definition) is 6. The van der Waals surface area contributed by atoms with Gasteiger partial charge in [0, 0.05) is 0 Å². The van der Waals surface area contributed by atoms with E-state index < -0.39 is 24.7 Å². The van der Waals surface area contributed by atoms with Crippen molar-refractivity contribution in [1.29, 1.82) is 15.9 Å². The summed E-state index contributed by atoms with van der Waals surface area (Å²) in [5.41, 5.74) is 0. The molecule has 0 fully saturated rings. The van der Waals surface area contributed by atoms with Gasteiger partial charge in [-0.3, -0.25) is 15.0 Å². The normalized spacial score (nSPS) is 8.47. The lowest BCUT2D eigenvalue weighted by atomic mass is 10.3. The van der Waals surface area contributed by atoms with Crippen LogP contribution >= 0.6 is 11.8 Å². The number of nitrogens with one attached hydrogen (secondary N) is 1. The summed E-state index contributed by atoms with van der Waals surface area (Å²) in [7, 11) is 0. The summed E-state index contributed by atoms with van der Waals surface area (Å²) in [6.45, 7) is 0. The Hall–Kier alpha value is -1.86. The number of carbonyl (C=O) groups excluding carboxylic acids is 2. The predicted octanol–water partition coefficient (Wildman–Crippen LogP) is 0.467. The molecule has 0 saturated carbocycles. The van der Waals surface area contributed by atoms with Crippen LogP contribution in [0.3, 0.4) is 0 Å². The minimum atomic E-state index is -0.780. The second kappa shape index (κ2) is 6.57. The third-order valence-electron chi connectivity index (χ3n) is 1.36. The first-order valence-corrected chi connectivity index (χ1v) is 5.03. The molecule has 0 aromatic carbocycles. The molecule has 1 N–H and O–H groups in total. The van der Waals surface area contributed by atoms with Crippen molar-refractivity contribution in [3.63, 3.8) is 0 Å². The van der Waals surface area contributed by atoms with Gasteiger partial charge in [-0.2, -0.15) is 10.5 Å². The van der Waals surface area contributed by atoms with Crippen molar-refractivity contribution in [2.45, 2.75) is 12.8 Å². The van der Waals surface area contributed by atoms with E-state index in [0.29, 0.717) is 4.90 Å². The predicted molar refractivity (Wildman–Crippen MR) is 53.6 cm³/mol. The van der Waals surface area contributed by atoms with Gasteiger partial charge in [0.15, 0.2) is 5.17 Å². The highest BCUT2D eigenvalue weighted by atomic mass is 32.2. The van der Waals surface area contributed by atoms with Crippen LogP contribution in [-0.2, 0) is 9.59 Å². The fourth-order valence-electron chi connectivity index (χ4n) is 0.750. The number of nitrogens with zero attached hydrogens (tertiary/aromatic N) is 3. The highest BCUT2D eigenvalue weighted by Gasteiger charge is 2.24. The number of nitriles is 2. The van der Waals surface area contributed by atoms with E-state index in [1.54, 1.807) is 12.1 Å². The molecule has 0 aromatic heterocycles. The maximum absolute atomic E-state index is 11.3. The Morgan fingerprint density at radius 1 is 1.27 bits per heavy atom. The molecule has 78 valence electrons. The fourth-order valence-corrected chi connectivity index (χ4v) is 1.14. The Morgan fingerprint density at radius 3 is 1.93 bits per heavy atom. The highest BCUT2D eigenvalue weighted by molar-refractivity contribution is 8.13. The van der Waals surface area contributed by atoms with Gasteiger partial charge < -0.3 is 0 Å². The van der Waals surface area contributed by atoms with E-state index in [4.69, 9.17) is 15.9 Å². The smallest absolute Gasteiger partial charge is 0.249 e. The van der Waals surface area contributed by atoms with E-state index in [9.17, 15) is 9.59 Å². The number of thioether (sulfide) groups is 1. The number of rotatable bonds is 2. The van der Waals surface area contributed by atoms with Gasteiger partial charge in [-0.05, 0) is 6.26 Å². The zero-order chi connectivity index (χ0) is 11.8. The minimum absolute atomic E-state index is 0.282. The SMILES string of the molecule is CSC(=N)N(C(=O)CC#N)C(=O)CC#N. The molecule has 0 saturated heterocycles. The summed E-state index contributed by atoms with van der Waals surface area (Å²) in [4.78, 5) is 23.1.